The molecule has 9 nitrogen and oxygen atoms in total. The highest BCUT2D eigenvalue weighted by Crippen LogP contribution is 2.46. The summed E-state index contributed by atoms with van der Waals surface area (Å²) in [6, 6.07) is 4.53. The Hall–Kier alpha value is -3.21. The molecule has 0 amide bonds. The second-order valence-corrected chi connectivity index (χ2v) is 12.5. The first kappa shape index (κ1) is 26.7. The maximum Gasteiger partial charge on any atom is 0.188 e. The summed E-state index contributed by atoms with van der Waals surface area (Å²) >= 11 is 0. The van der Waals surface area contributed by atoms with Gasteiger partial charge in [-0.3, -0.25) is 0 Å². The van der Waals surface area contributed by atoms with Crippen LogP contribution in [0.5, 0.6) is 11.5 Å². The number of hydrogen-bond acceptors (Lipinski definition) is 9. The third kappa shape index (κ3) is 5.17. The minimum atomic E-state index is -0.345. The lowest BCUT2D eigenvalue weighted by molar-refractivity contribution is -0.184. The Labute approximate surface area is 240 Å². The monoisotopic (exact) mass is 560 g/mol. The molecule has 2 aromatic heterocycles. The van der Waals surface area contributed by atoms with Crippen molar-refractivity contribution in [2.24, 2.45) is 11.3 Å². The van der Waals surface area contributed by atoms with Crippen molar-refractivity contribution >= 4 is 5.82 Å². The molecule has 0 unspecified atom stereocenters. The van der Waals surface area contributed by atoms with E-state index in [1.165, 1.54) is 31.3 Å². The standard InChI is InChI=1S/C31H37FN6O3/c1-21(2)28-25(12-33-19-35-28)24-11-23(32)3-4-26(24)41-27-13-34-20-36-29(27)38-17-30(18-38)15-37(16-30)14-22-5-7-31(8-6-22)39-9-10-40-31/h3-4,11-13,19-22H,5-10,14-18H2,1-2H3. The molecule has 1 aromatic carbocycles. The Morgan fingerprint density at radius 2 is 1.68 bits per heavy atom. The molecule has 3 aliphatic heterocycles. The Morgan fingerprint density at radius 1 is 0.951 bits per heavy atom. The quantitative estimate of drug-likeness (QED) is 0.394. The van der Waals surface area contributed by atoms with Gasteiger partial charge >= 0.3 is 0 Å². The van der Waals surface area contributed by atoms with Crippen molar-refractivity contribution in [3.63, 3.8) is 0 Å². The fourth-order valence-electron chi connectivity index (χ4n) is 7.14. The summed E-state index contributed by atoms with van der Waals surface area (Å²) < 4.78 is 32.6. The van der Waals surface area contributed by atoms with Crippen LogP contribution in [0.1, 0.15) is 51.1 Å². The second kappa shape index (κ2) is 10.6. The lowest BCUT2D eigenvalue weighted by Crippen LogP contribution is -2.72. The molecule has 5 heterocycles. The summed E-state index contributed by atoms with van der Waals surface area (Å²) in [6.07, 6.45) is 10.9. The number of aromatic nitrogens is 4. The van der Waals surface area contributed by atoms with Crippen molar-refractivity contribution in [1.82, 2.24) is 24.8 Å². The highest BCUT2D eigenvalue weighted by Gasteiger charge is 2.53. The first-order chi connectivity index (χ1) is 19.9. The highest BCUT2D eigenvalue weighted by molar-refractivity contribution is 5.73. The second-order valence-electron chi connectivity index (χ2n) is 12.5. The molecule has 0 bridgehead atoms. The highest BCUT2D eigenvalue weighted by atomic mass is 19.1. The average molecular weight is 561 g/mol. The summed E-state index contributed by atoms with van der Waals surface area (Å²) in [4.78, 5) is 22.4. The lowest BCUT2D eigenvalue weighted by atomic mass is 9.72. The van der Waals surface area contributed by atoms with Gasteiger partial charge in [0.05, 0.1) is 25.1 Å². The van der Waals surface area contributed by atoms with Gasteiger partial charge in [-0.15, -0.1) is 0 Å². The number of ether oxygens (including phenoxy) is 3. The molecule has 41 heavy (non-hydrogen) atoms. The molecule has 4 fully saturated rings. The molecule has 4 aliphatic rings. The molecule has 7 rings (SSSR count). The smallest absolute Gasteiger partial charge is 0.188 e. The van der Waals surface area contributed by atoms with Crippen LogP contribution in [0, 0.1) is 17.2 Å². The van der Waals surface area contributed by atoms with E-state index in [2.05, 4.69) is 43.6 Å². The molecule has 0 atom stereocenters. The van der Waals surface area contributed by atoms with Gasteiger partial charge in [0.25, 0.3) is 0 Å². The molecule has 0 N–H and O–H groups in total. The predicted molar refractivity (Wildman–Crippen MR) is 151 cm³/mol. The number of likely N-dealkylation sites (tertiary alicyclic amines) is 1. The molecule has 3 aromatic rings. The van der Waals surface area contributed by atoms with Crippen molar-refractivity contribution < 1.29 is 18.6 Å². The van der Waals surface area contributed by atoms with Gasteiger partial charge in [-0.1, -0.05) is 13.8 Å². The van der Waals surface area contributed by atoms with Crippen LogP contribution in [-0.2, 0) is 9.47 Å². The van der Waals surface area contributed by atoms with E-state index in [9.17, 15) is 4.39 Å². The van der Waals surface area contributed by atoms with Crippen LogP contribution in [-0.4, -0.2) is 76.6 Å². The summed E-state index contributed by atoms with van der Waals surface area (Å²) in [5.74, 6) is 2.08. The maximum absolute atomic E-state index is 14.4. The first-order valence-electron chi connectivity index (χ1n) is 14.7. The van der Waals surface area contributed by atoms with Crippen LogP contribution in [0.3, 0.4) is 0 Å². The maximum atomic E-state index is 14.4. The summed E-state index contributed by atoms with van der Waals surface area (Å²) in [5, 5.41) is 0. The predicted octanol–water partition coefficient (Wildman–Crippen LogP) is 5.04. The van der Waals surface area contributed by atoms with Crippen LogP contribution in [0.25, 0.3) is 11.1 Å². The minimum absolute atomic E-state index is 0.143. The number of hydrogen-bond donors (Lipinski definition) is 0. The average Bonchev–Trinajstić information content (AvgIpc) is 3.40. The Morgan fingerprint density at radius 3 is 2.44 bits per heavy atom. The first-order valence-corrected chi connectivity index (χ1v) is 14.7. The van der Waals surface area contributed by atoms with Crippen LogP contribution in [0.2, 0.25) is 0 Å². The van der Waals surface area contributed by atoms with E-state index in [4.69, 9.17) is 14.2 Å². The molecule has 10 heteroatoms. The van der Waals surface area contributed by atoms with Crippen molar-refractivity contribution in [2.75, 3.05) is 50.8 Å². The third-order valence-electron chi connectivity index (χ3n) is 9.07. The third-order valence-corrected chi connectivity index (χ3v) is 9.07. The molecule has 216 valence electrons. The molecule has 1 aliphatic carbocycles. The van der Waals surface area contributed by atoms with E-state index in [1.807, 2.05) is 0 Å². The van der Waals surface area contributed by atoms with Crippen molar-refractivity contribution in [2.45, 2.75) is 51.2 Å². The number of anilines is 1. The zero-order valence-electron chi connectivity index (χ0n) is 23.8. The van der Waals surface area contributed by atoms with Gasteiger partial charge in [-0.25, -0.2) is 24.3 Å². The van der Waals surface area contributed by atoms with E-state index in [-0.39, 0.29) is 17.5 Å². The van der Waals surface area contributed by atoms with Gasteiger partial charge in [-0.2, -0.15) is 0 Å². The normalized spacial score (nSPS) is 21.8. The molecule has 0 radical (unpaired) electrons. The van der Waals surface area contributed by atoms with Crippen LogP contribution < -0.4 is 9.64 Å². The number of nitrogens with zero attached hydrogens (tertiary/aromatic N) is 6. The fourth-order valence-corrected chi connectivity index (χ4v) is 7.14. The zero-order chi connectivity index (χ0) is 28.0. The summed E-state index contributed by atoms with van der Waals surface area (Å²) in [6.45, 7) is 10.9. The van der Waals surface area contributed by atoms with Crippen LogP contribution >= 0.6 is 0 Å². The van der Waals surface area contributed by atoms with Crippen molar-refractivity contribution in [3.05, 3.63) is 54.8 Å². The SMILES string of the molecule is CC(C)c1ncncc1-c1cc(F)ccc1Oc1cncnc1N1CC2(CN(CC3CCC4(CC3)OCCO4)C2)C1. The van der Waals surface area contributed by atoms with Gasteiger partial charge in [-0.05, 0) is 42.9 Å². The van der Waals surface area contributed by atoms with Crippen LogP contribution in [0.4, 0.5) is 10.2 Å². The van der Waals surface area contributed by atoms with Gasteiger partial charge in [0.1, 0.15) is 24.2 Å². The van der Waals surface area contributed by atoms with Gasteiger partial charge in [0.15, 0.2) is 17.4 Å². The molecule has 3 saturated heterocycles. The van der Waals surface area contributed by atoms with Crippen molar-refractivity contribution in [1.29, 1.82) is 0 Å². The molecular weight excluding hydrogens is 523 g/mol. The number of benzene rings is 1. The number of rotatable bonds is 7. The largest absolute Gasteiger partial charge is 0.451 e. The van der Waals surface area contributed by atoms with E-state index >= 15 is 0 Å². The number of halogens is 1. The zero-order valence-corrected chi connectivity index (χ0v) is 23.8. The van der Waals surface area contributed by atoms with Gasteiger partial charge < -0.3 is 24.0 Å². The Balaban J connectivity index is 1.00. The van der Waals surface area contributed by atoms with E-state index in [1.54, 1.807) is 24.8 Å². The Bertz CT molecular complexity index is 1390. The van der Waals surface area contributed by atoms with Crippen LogP contribution in [0.15, 0.2) is 43.2 Å². The van der Waals surface area contributed by atoms with Gasteiger partial charge in [0, 0.05) is 68.3 Å². The van der Waals surface area contributed by atoms with E-state index in [0.717, 1.165) is 81.8 Å². The fraction of sp³-hybridized carbons (Fsp3) is 0.548. The van der Waals surface area contributed by atoms with E-state index in [0.29, 0.717) is 22.5 Å². The molecule has 2 spiro atoms. The van der Waals surface area contributed by atoms with Crippen molar-refractivity contribution in [3.8, 4) is 22.6 Å². The minimum Gasteiger partial charge on any atom is -0.451 e. The topological polar surface area (TPSA) is 85.7 Å². The van der Waals surface area contributed by atoms with E-state index < -0.39 is 0 Å². The summed E-state index contributed by atoms with van der Waals surface area (Å²) in [7, 11) is 0. The Kier molecular flexibility index (Phi) is 6.87. The lowest BCUT2D eigenvalue weighted by Gasteiger charge is -2.61. The van der Waals surface area contributed by atoms with Gasteiger partial charge in [0.2, 0.25) is 0 Å². The molecule has 1 saturated carbocycles. The summed E-state index contributed by atoms with van der Waals surface area (Å²) in [5.41, 5.74) is 2.51. The molecular formula is C31H37FN6O3.